The molecule has 2 rings (SSSR count). The van der Waals surface area contributed by atoms with E-state index in [0.29, 0.717) is 48.8 Å². The average molecular weight is 375 g/mol. The summed E-state index contributed by atoms with van der Waals surface area (Å²) < 4.78 is 6.25. The second kappa shape index (κ2) is 9.10. The van der Waals surface area contributed by atoms with E-state index in [2.05, 4.69) is 21.6 Å². The van der Waals surface area contributed by atoms with E-state index in [1.807, 2.05) is 0 Å². The van der Waals surface area contributed by atoms with Gasteiger partial charge in [0, 0.05) is 25.1 Å². The second-order valence-electron chi connectivity index (χ2n) is 5.68. The number of H-pyrrole nitrogens is 1. The Balaban J connectivity index is 2.08. The first-order valence-electron chi connectivity index (χ1n) is 8.20. The Labute approximate surface area is 155 Å². The summed E-state index contributed by atoms with van der Waals surface area (Å²) in [6.45, 7) is 4.38. The largest absolute Gasteiger partial charge is 0.469 e. The van der Waals surface area contributed by atoms with Gasteiger partial charge in [-0.05, 0) is 43.3 Å². The number of amides is 1. The molecule has 0 saturated carbocycles. The molecule has 0 aliphatic carbocycles. The molecule has 0 aliphatic heterocycles. The van der Waals surface area contributed by atoms with Crippen LogP contribution in [0, 0.1) is 4.77 Å². The molecule has 1 aromatic carbocycles. The number of rotatable bonds is 8. The minimum absolute atomic E-state index is 0.224. The third-order valence-electron chi connectivity index (χ3n) is 3.88. The third kappa shape index (κ3) is 4.66. The Bertz CT molecular complexity index is 946. The lowest BCUT2D eigenvalue weighted by Gasteiger charge is -2.08. The molecule has 8 heteroatoms. The van der Waals surface area contributed by atoms with Crippen LogP contribution in [0.2, 0.25) is 0 Å². The normalized spacial score (nSPS) is 10.5. The van der Waals surface area contributed by atoms with Gasteiger partial charge in [0.05, 0.1) is 18.0 Å². The van der Waals surface area contributed by atoms with E-state index in [1.54, 1.807) is 24.3 Å². The fourth-order valence-corrected chi connectivity index (χ4v) is 2.76. The number of carbonyl (C=O) groups is 2. The number of fused-ring (bicyclic) bond motifs is 1. The van der Waals surface area contributed by atoms with E-state index in [-0.39, 0.29) is 22.2 Å². The summed E-state index contributed by atoms with van der Waals surface area (Å²) in [6.07, 6.45) is 3.23. The van der Waals surface area contributed by atoms with Gasteiger partial charge in [0.2, 0.25) is 0 Å². The van der Waals surface area contributed by atoms with Gasteiger partial charge in [-0.2, -0.15) is 0 Å². The van der Waals surface area contributed by atoms with E-state index >= 15 is 0 Å². The molecular formula is C18H21N3O4S. The van der Waals surface area contributed by atoms with E-state index in [1.165, 1.54) is 11.7 Å². The zero-order valence-electron chi connectivity index (χ0n) is 14.5. The SMILES string of the molecule is C=CCn1c(=S)[nH]c2cc(C(=O)NCCCCC(=O)OC)ccc2c1=O. The van der Waals surface area contributed by atoms with Gasteiger partial charge in [-0.3, -0.25) is 19.0 Å². The summed E-state index contributed by atoms with van der Waals surface area (Å²) >= 11 is 5.19. The number of unbranched alkanes of at least 4 members (excludes halogenated alkanes) is 1. The van der Waals surface area contributed by atoms with Crippen LogP contribution in [-0.4, -0.2) is 35.1 Å². The Kier molecular flexibility index (Phi) is 6.85. The van der Waals surface area contributed by atoms with E-state index in [0.717, 1.165) is 0 Å². The van der Waals surface area contributed by atoms with Crippen molar-refractivity contribution in [2.24, 2.45) is 0 Å². The lowest BCUT2D eigenvalue weighted by atomic mass is 10.1. The molecule has 1 aromatic heterocycles. The molecule has 0 aliphatic rings. The van der Waals surface area contributed by atoms with Gasteiger partial charge in [-0.1, -0.05) is 6.08 Å². The smallest absolute Gasteiger partial charge is 0.305 e. The number of methoxy groups -OCH3 is 1. The van der Waals surface area contributed by atoms with Crippen molar-refractivity contribution in [3.05, 3.63) is 51.5 Å². The molecular weight excluding hydrogens is 354 g/mol. The molecule has 2 aromatic rings. The molecule has 0 unspecified atom stereocenters. The monoisotopic (exact) mass is 375 g/mol. The van der Waals surface area contributed by atoms with Crippen molar-refractivity contribution in [1.82, 2.24) is 14.9 Å². The van der Waals surface area contributed by atoms with Crippen LogP contribution >= 0.6 is 12.2 Å². The fraction of sp³-hybridized carbons (Fsp3) is 0.333. The van der Waals surface area contributed by atoms with Crippen LogP contribution in [0.15, 0.2) is 35.6 Å². The molecule has 0 atom stereocenters. The Morgan fingerprint density at radius 3 is 2.85 bits per heavy atom. The van der Waals surface area contributed by atoms with Crippen molar-refractivity contribution in [1.29, 1.82) is 0 Å². The molecule has 26 heavy (non-hydrogen) atoms. The molecule has 0 spiro atoms. The number of allylic oxidation sites excluding steroid dienone is 1. The van der Waals surface area contributed by atoms with Gasteiger partial charge in [-0.15, -0.1) is 6.58 Å². The number of benzene rings is 1. The average Bonchev–Trinajstić information content (AvgIpc) is 2.63. The van der Waals surface area contributed by atoms with Crippen LogP contribution in [0.5, 0.6) is 0 Å². The molecule has 1 amide bonds. The van der Waals surface area contributed by atoms with Gasteiger partial charge >= 0.3 is 5.97 Å². The van der Waals surface area contributed by atoms with Crippen LogP contribution in [0.1, 0.15) is 29.6 Å². The number of nitrogens with one attached hydrogen (secondary N) is 2. The molecule has 2 N–H and O–H groups in total. The highest BCUT2D eigenvalue weighted by Crippen LogP contribution is 2.11. The maximum Gasteiger partial charge on any atom is 0.305 e. The topological polar surface area (TPSA) is 93.2 Å². The summed E-state index contributed by atoms with van der Waals surface area (Å²) in [4.78, 5) is 38.7. The summed E-state index contributed by atoms with van der Waals surface area (Å²) in [5, 5.41) is 3.24. The lowest BCUT2D eigenvalue weighted by Crippen LogP contribution is -2.25. The van der Waals surface area contributed by atoms with Crippen LogP contribution in [0.25, 0.3) is 10.9 Å². The minimum Gasteiger partial charge on any atom is -0.469 e. The molecule has 0 bridgehead atoms. The zero-order chi connectivity index (χ0) is 19.1. The first kappa shape index (κ1) is 19.6. The van der Waals surface area contributed by atoms with Gasteiger partial charge in [0.15, 0.2) is 4.77 Å². The number of aromatic amines is 1. The first-order valence-corrected chi connectivity index (χ1v) is 8.61. The van der Waals surface area contributed by atoms with Crippen LogP contribution in [-0.2, 0) is 16.1 Å². The third-order valence-corrected chi connectivity index (χ3v) is 4.20. The van der Waals surface area contributed by atoms with Crippen molar-refractivity contribution >= 4 is 35.0 Å². The predicted molar refractivity (Wildman–Crippen MR) is 102 cm³/mol. The van der Waals surface area contributed by atoms with Gasteiger partial charge < -0.3 is 15.0 Å². The number of carbonyl (C=O) groups excluding carboxylic acids is 2. The van der Waals surface area contributed by atoms with Gasteiger partial charge in [0.1, 0.15) is 0 Å². The number of esters is 1. The second-order valence-corrected chi connectivity index (χ2v) is 6.07. The van der Waals surface area contributed by atoms with E-state index < -0.39 is 0 Å². The van der Waals surface area contributed by atoms with Crippen molar-refractivity contribution in [3.8, 4) is 0 Å². The minimum atomic E-state index is -0.261. The quantitative estimate of drug-likeness (QED) is 0.320. The summed E-state index contributed by atoms with van der Waals surface area (Å²) in [5.74, 6) is -0.511. The zero-order valence-corrected chi connectivity index (χ0v) is 15.4. The molecule has 1 heterocycles. The maximum absolute atomic E-state index is 12.4. The Hall–Kier alpha value is -2.74. The Morgan fingerprint density at radius 2 is 2.15 bits per heavy atom. The molecule has 138 valence electrons. The number of ether oxygens (including phenoxy) is 1. The maximum atomic E-state index is 12.4. The van der Waals surface area contributed by atoms with Crippen LogP contribution in [0.4, 0.5) is 0 Å². The van der Waals surface area contributed by atoms with Crippen molar-refractivity contribution < 1.29 is 14.3 Å². The van der Waals surface area contributed by atoms with Crippen molar-refractivity contribution in [2.75, 3.05) is 13.7 Å². The van der Waals surface area contributed by atoms with Crippen LogP contribution < -0.4 is 10.9 Å². The summed E-state index contributed by atoms with van der Waals surface area (Å²) in [5.41, 5.74) is 0.717. The molecule has 0 radical (unpaired) electrons. The standard InChI is InChI=1S/C18H21N3O4S/c1-3-10-21-17(24)13-8-7-12(11-14(13)20-18(21)26)16(23)19-9-5-4-6-15(22)25-2/h3,7-8,11H,1,4-6,9-10H2,2H3,(H,19,23)(H,20,26). The van der Waals surface area contributed by atoms with Gasteiger partial charge in [-0.25, -0.2) is 0 Å². The molecule has 7 nitrogen and oxygen atoms in total. The highest BCUT2D eigenvalue weighted by Gasteiger charge is 2.10. The van der Waals surface area contributed by atoms with Gasteiger partial charge in [0.25, 0.3) is 11.5 Å². The summed E-state index contributed by atoms with van der Waals surface area (Å²) in [6, 6.07) is 4.81. The first-order chi connectivity index (χ1) is 12.5. The highest BCUT2D eigenvalue weighted by molar-refractivity contribution is 7.71. The number of aromatic nitrogens is 2. The van der Waals surface area contributed by atoms with Crippen molar-refractivity contribution in [3.63, 3.8) is 0 Å². The summed E-state index contributed by atoms with van der Waals surface area (Å²) in [7, 11) is 1.35. The Morgan fingerprint density at radius 1 is 1.38 bits per heavy atom. The molecule has 0 fully saturated rings. The predicted octanol–water partition coefficient (Wildman–Crippen LogP) is 2.32. The van der Waals surface area contributed by atoms with Crippen molar-refractivity contribution in [2.45, 2.75) is 25.8 Å². The number of nitrogens with zero attached hydrogens (tertiary/aromatic N) is 1. The highest BCUT2D eigenvalue weighted by atomic mass is 32.1. The number of hydrogen-bond acceptors (Lipinski definition) is 5. The van der Waals surface area contributed by atoms with E-state index in [4.69, 9.17) is 12.2 Å². The molecule has 0 saturated heterocycles. The van der Waals surface area contributed by atoms with E-state index in [9.17, 15) is 14.4 Å². The number of hydrogen-bond donors (Lipinski definition) is 2. The van der Waals surface area contributed by atoms with Crippen LogP contribution in [0.3, 0.4) is 0 Å². The lowest BCUT2D eigenvalue weighted by molar-refractivity contribution is -0.140. The fourth-order valence-electron chi connectivity index (χ4n) is 2.49.